The van der Waals surface area contributed by atoms with Crippen LogP contribution in [0.25, 0.3) is 0 Å². The Morgan fingerprint density at radius 1 is 1.09 bits per heavy atom. The third-order valence-electron chi connectivity index (χ3n) is 7.28. The van der Waals surface area contributed by atoms with Crippen molar-refractivity contribution in [2.75, 3.05) is 19.7 Å². The van der Waals surface area contributed by atoms with Gasteiger partial charge in [-0.25, -0.2) is 8.78 Å². The van der Waals surface area contributed by atoms with Crippen molar-refractivity contribution in [2.45, 2.75) is 63.1 Å². The van der Waals surface area contributed by atoms with Crippen molar-refractivity contribution in [3.63, 3.8) is 0 Å². The first-order valence-corrected chi connectivity index (χ1v) is 12.1. The van der Waals surface area contributed by atoms with Crippen molar-refractivity contribution in [1.82, 2.24) is 10.2 Å². The summed E-state index contributed by atoms with van der Waals surface area (Å²) in [5.41, 5.74) is 7.35. The van der Waals surface area contributed by atoms with E-state index in [4.69, 9.17) is 10.5 Å². The molecule has 2 aliphatic rings. The van der Waals surface area contributed by atoms with E-state index in [0.717, 1.165) is 37.8 Å². The van der Waals surface area contributed by atoms with Crippen LogP contribution in [0.3, 0.4) is 0 Å². The highest BCUT2D eigenvalue weighted by atomic mass is 19.1. The summed E-state index contributed by atoms with van der Waals surface area (Å²) in [6.45, 7) is 3.63. The highest BCUT2D eigenvalue weighted by Crippen LogP contribution is 2.46. The SMILES string of the molecule is CC(C)(N)C(=O)N[C@H](COCc1c(F)cccc1F)C(=O)N1CCC2(CCc3ccccc32)CC1. The Balaban J connectivity index is 1.43. The number of amides is 2. The molecule has 0 saturated carbocycles. The van der Waals surface area contributed by atoms with E-state index in [1.165, 1.54) is 17.2 Å². The lowest BCUT2D eigenvalue weighted by Gasteiger charge is -2.41. The number of ether oxygens (including phenoxy) is 1. The Morgan fingerprint density at radius 2 is 1.74 bits per heavy atom. The van der Waals surface area contributed by atoms with E-state index in [1.807, 2.05) is 0 Å². The number of aryl methyl sites for hydroxylation is 1. The molecule has 4 rings (SSSR count). The molecule has 8 heteroatoms. The number of carbonyl (C=O) groups excluding carboxylic acids is 2. The largest absolute Gasteiger partial charge is 0.374 e. The topological polar surface area (TPSA) is 84.7 Å². The molecule has 1 aliphatic carbocycles. The summed E-state index contributed by atoms with van der Waals surface area (Å²) in [4.78, 5) is 27.7. The maximum atomic E-state index is 14.0. The first-order chi connectivity index (χ1) is 16.6. The molecule has 0 unspecified atom stereocenters. The van der Waals surface area contributed by atoms with Crippen LogP contribution in [0.2, 0.25) is 0 Å². The molecule has 188 valence electrons. The third kappa shape index (κ3) is 5.38. The fourth-order valence-corrected chi connectivity index (χ4v) is 5.13. The molecule has 0 radical (unpaired) electrons. The fraction of sp³-hybridized carbons (Fsp3) is 0.481. The van der Waals surface area contributed by atoms with Crippen molar-refractivity contribution in [3.8, 4) is 0 Å². The number of hydrogen-bond donors (Lipinski definition) is 2. The number of nitrogens with one attached hydrogen (secondary N) is 1. The van der Waals surface area contributed by atoms with Crippen LogP contribution in [0.5, 0.6) is 0 Å². The molecule has 2 aromatic rings. The molecule has 1 aliphatic heterocycles. The number of nitrogens with zero attached hydrogens (tertiary/aromatic N) is 1. The molecule has 6 nitrogen and oxygen atoms in total. The minimum Gasteiger partial charge on any atom is -0.374 e. The number of piperidine rings is 1. The lowest BCUT2D eigenvalue weighted by molar-refractivity contribution is -0.140. The highest BCUT2D eigenvalue weighted by Gasteiger charge is 2.42. The Morgan fingerprint density at radius 3 is 2.40 bits per heavy atom. The summed E-state index contributed by atoms with van der Waals surface area (Å²) in [7, 11) is 0. The summed E-state index contributed by atoms with van der Waals surface area (Å²) >= 11 is 0. The summed E-state index contributed by atoms with van der Waals surface area (Å²) in [6.07, 6.45) is 3.82. The van der Waals surface area contributed by atoms with E-state index >= 15 is 0 Å². The maximum absolute atomic E-state index is 14.0. The van der Waals surface area contributed by atoms with Gasteiger partial charge in [0.2, 0.25) is 11.8 Å². The van der Waals surface area contributed by atoms with Gasteiger partial charge in [-0.1, -0.05) is 30.3 Å². The van der Waals surface area contributed by atoms with Gasteiger partial charge in [0.15, 0.2) is 0 Å². The molecule has 1 fully saturated rings. The normalized spacial score (nSPS) is 17.8. The van der Waals surface area contributed by atoms with E-state index in [9.17, 15) is 18.4 Å². The molecule has 1 saturated heterocycles. The minimum atomic E-state index is -1.20. The van der Waals surface area contributed by atoms with Crippen LogP contribution in [-0.4, -0.2) is 48.0 Å². The van der Waals surface area contributed by atoms with Gasteiger partial charge in [-0.15, -0.1) is 0 Å². The second kappa shape index (κ2) is 10.0. The molecular formula is C27H33F2N3O3. The minimum absolute atomic E-state index is 0.0875. The van der Waals surface area contributed by atoms with E-state index in [1.54, 1.807) is 18.7 Å². The van der Waals surface area contributed by atoms with Gasteiger partial charge >= 0.3 is 0 Å². The van der Waals surface area contributed by atoms with Crippen molar-refractivity contribution in [1.29, 1.82) is 0 Å². The van der Waals surface area contributed by atoms with Gasteiger partial charge in [0.1, 0.15) is 17.7 Å². The summed E-state index contributed by atoms with van der Waals surface area (Å²) in [5, 5.41) is 2.68. The number of hydrogen-bond acceptors (Lipinski definition) is 4. The van der Waals surface area contributed by atoms with Crippen LogP contribution in [-0.2, 0) is 32.8 Å². The number of halogens is 2. The quantitative estimate of drug-likeness (QED) is 0.631. The summed E-state index contributed by atoms with van der Waals surface area (Å²) < 4.78 is 33.4. The molecule has 3 N–H and O–H groups in total. The monoisotopic (exact) mass is 485 g/mol. The molecule has 1 heterocycles. The van der Waals surface area contributed by atoms with Crippen molar-refractivity contribution in [3.05, 3.63) is 70.8 Å². The van der Waals surface area contributed by atoms with Crippen LogP contribution in [0.1, 0.15) is 49.8 Å². The number of likely N-dealkylation sites (tertiary alicyclic amines) is 1. The first-order valence-electron chi connectivity index (χ1n) is 12.1. The predicted octanol–water partition coefficient (Wildman–Crippen LogP) is 3.21. The molecule has 0 bridgehead atoms. The Bertz CT molecular complexity index is 1070. The zero-order chi connectivity index (χ0) is 25.2. The maximum Gasteiger partial charge on any atom is 0.247 e. The molecular weight excluding hydrogens is 452 g/mol. The first kappa shape index (κ1) is 25.3. The van der Waals surface area contributed by atoms with Gasteiger partial charge in [0.05, 0.1) is 18.8 Å². The van der Waals surface area contributed by atoms with Gasteiger partial charge < -0.3 is 20.7 Å². The van der Waals surface area contributed by atoms with Crippen LogP contribution in [0, 0.1) is 11.6 Å². The zero-order valence-electron chi connectivity index (χ0n) is 20.3. The Labute approximate surface area is 204 Å². The van der Waals surface area contributed by atoms with Gasteiger partial charge in [-0.3, -0.25) is 9.59 Å². The van der Waals surface area contributed by atoms with Crippen LogP contribution in [0.15, 0.2) is 42.5 Å². The second-order valence-corrected chi connectivity index (χ2v) is 10.2. The number of rotatable bonds is 7. The van der Waals surface area contributed by atoms with Crippen molar-refractivity contribution < 1.29 is 23.1 Å². The number of benzene rings is 2. The summed E-state index contributed by atoms with van der Waals surface area (Å²) in [6, 6.07) is 11.1. The van der Waals surface area contributed by atoms with Gasteiger partial charge in [-0.2, -0.15) is 0 Å². The average Bonchev–Trinajstić information content (AvgIpc) is 3.17. The van der Waals surface area contributed by atoms with Crippen LogP contribution in [0.4, 0.5) is 8.78 Å². The van der Waals surface area contributed by atoms with E-state index in [0.29, 0.717) is 13.1 Å². The van der Waals surface area contributed by atoms with E-state index in [2.05, 4.69) is 29.6 Å². The smallest absolute Gasteiger partial charge is 0.247 e. The molecule has 0 aromatic heterocycles. The molecule has 2 aromatic carbocycles. The molecule has 2 amide bonds. The van der Waals surface area contributed by atoms with Gasteiger partial charge in [-0.05, 0) is 68.2 Å². The van der Waals surface area contributed by atoms with Gasteiger partial charge in [0.25, 0.3) is 0 Å². The van der Waals surface area contributed by atoms with Crippen LogP contribution >= 0.6 is 0 Å². The summed E-state index contributed by atoms with van der Waals surface area (Å²) in [5.74, 6) is -2.23. The molecule has 1 spiro atoms. The lowest BCUT2D eigenvalue weighted by atomic mass is 9.74. The zero-order valence-corrected chi connectivity index (χ0v) is 20.3. The third-order valence-corrected chi connectivity index (χ3v) is 7.28. The Kier molecular flexibility index (Phi) is 7.24. The van der Waals surface area contributed by atoms with E-state index < -0.39 is 29.1 Å². The highest BCUT2D eigenvalue weighted by molar-refractivity contribution is 5.91. The predicted molar refractivity (Wildman–Crippen MR) is 128 cm³/mol. The van der Waals surface area contributed by atoms with Gasteiger partial charge in [0, 0.05) is 18.7 Å². The average molecular weight is 486 g/mol. The lowest BCUT2D eigenvalue weighted by Crippen LogP contribution is -2.59. The Hall–Kier alpha value is -2.84. The molecule has 35 heavy (non-hydrogen) atoms. The van der Waals surface area contributed by atoms with Crippen molar-refractivity contribution >= 4 is 11.8 Å². The molecule has 1 atom stereocenters. The number of carbonyl (C=O) groups is 2. The fourth-order valence-electron chi connectivity index (χ4n) is 5.13. The number of nitrogens with two attached hydrogens (primary N) is 1. The standard InChI is InChI=1S/C27H33F2N3O3/c1-26(2,30)25(34)31-23(17-35-16-19-21(28)8-5-9-22(19)29)24(33)32-14-12-27(13-15-32)11-10-18-6-3-4-7-20(18)27/h3-9,23H,10-17,30H2,1-2H3,(H,31,34)/t23-/m1/s1. The number of fused-ring (bicyclic) bond motifs is 2. The van der Waals surface area contributed by atoms with Crippen molar-refractivity contribution in [2.24, 2.45) is 5.73 Å². The second-order valence-electron chi connectivity index (χ2n) is 10.2. The van der Waals surface area contributed by atoms with Crippen LogP contribution < -0.4 is 11.1 Å². The van der Waals surface area contributed by atoms with E-state index in [-0.39, 0.29) is 30.1 Å².